The van der Waals surface area contributed by atoms with Crippen molar-refractivity contribution in [3.63, 3.8) is 0 Å². The van der Waals surface area contributed by atoms with Crippen molar-refractivity contribution >= 4 is 0 Å². The third-order valence-electron chi connectivity index (χ3n) is 2.45. The highest BCUT2D eigenvalue weighted by Gasteiger charge is 2.20. The van der Waals surface area contributed by atoms with Gasteiger partial charge in [-0.1, -0.05) is 12.8 Å². The van der Waals surface area contributed by atoms with Gasteiger partial charge in [-0.05, 0) is 12.8 Å². The molecule has 1 aliphatic carbocycles. The highest BCUT2D eigenvalue weighted by atomic mass is 15.3. The fourth-order valence-corrected chi connectivity index (χ4v) is 1.85. The van der Waals surface area contributed by atoms with Crippen molar-refractivity contribution in [2.24, 2.45) is 0 Å². The van der Waals surface area contributed by atoms with Gasteiger partial charge in [0.2, 0.25) is 0 Å². The van der Waals surface area contributed by atoms with Crippen LogP contribution in [0.4, 0.5) is 0 Å². The SMILES string of the molecule is C1=CN(C2CCCC2)CN1. The van der Waals surface area contributed by atoms with Gasteiger partial charge in [0.25, 0.3) is 0 Å². The van der Waals surface area contributed by atoms with Crippen LogP contribution in [0.1, 0.15) is 25.7 Å². The topological polar surface area (TPSA) is 15.3 Å². The molecule has 0 aromatic rings. The molecular weight excluding hydrogens is 124 g/mol. The molecule has 2 aliphatic rings. The number of nitrogens with zero attached hydrogens (tertiary/aromatic N) is 1. The van der Waals surface area contributed by atoms with E-state index < -0.39 is 0 Å². The van der Waals surface area contributed by atoms with Crippen LogP contribution in [0, 0.1) is 0 Å². The molecular formula is C8H14N2. The second-order valence-corrected chi connectivity index (χ2v) is 3.13. The molecule has 10 heavy (non-hydrogen) atoms. The molecule has 2 rings (SSSR count). The average molecular weight is 138 g/mol. The zero-order valence-electron chi connectivity index (χ0n) is 6.21. The monoisotopic (exact) mass is 138 g/mol. The molecule has 1 aliphatic heterocycles. The minimum Gasteiger partial charge on any atom is -0.373 e. The Morgan fingerprint density at radius 1 is 1.30 bits per heavy atom. The van der Waals surface area contributed by atoms with Gasteiger partial charge in [-0.3, -0.25) is 0 Å². The second-order valence-electron chi connectivity index (χ2n) is 3.13. The van der Waals surface area contributed by atoms with Gasteiger partial charge in [-0.25, -0.2) is 0 Å². The van der Waals surface area contributed by atoms with Gasteiger partial charge in [0.05, 0.1) is 6.67 Å². The van der Waals surface area contributed by atoms with E-state index >= 15 is 0 Å². The van der Waals surface area contributed by atoms with Crippen LogP contribution in [0.15, 0.2) is 12.4 Å². The van der Waals surface area contributed by atoms with Gasteiger partial charge in [0.1, 0.15) is 0 Å². The third-order valence-corrected chi connectivity index (χ3v) is 2.45. The van der Waals surface area contributed by atoms with Crippen LogP contribution in [0.3, 0.4) is 0 Å². The van der Waals surface area contributed by atoms with E-state index in [1.54, 1.807) is 0 Å². The molecule has 0 bridgehead atoms. The molecule has 1 heterocycles. The Balaban J connectivity index is 1.91. The van der Waals surface area contributed by atoms with Gasteiger partial charge in [0.15, 0.2) is 0 Å². The molecule has 0 amide bonds. The van der Waals surface area contributed by atoms with Crippen LogP contribution in [-0.2, 0) is 0 Å². The zero-order chi connectivity index (χ0) is 6.81. The molecule has 2 heteroatoms. The summed E-state index contributed by atoms with van der Waals surface area (Å²) in [7, 11) is 0. The third kappa shape index (κ3) is 0.981. The molecule has 0 aromatic carbocycles. The van der Waals surface area contributed by atoms with E-state index in [-0.39, 0.29) is 0 Å². The molecule has 2 nitrogen and oxygen atoms in total. The lowest BCUT2D eigenvalue weighted by Crippen LogP contribution is -2.29. The summed E-state index contributed by atoms with van der Waals surface area (Å²) in [6, 6.07) is 0.839. The molecule has 56 valence electrons. The van der Waals surface area contributed by atoms with Gasteiger partial charge in [-0.2, -0.15) is 0 Å². The summed E-state index contributed by atoms with van der Waals surface area (Å²) in [6.07, 6.45) is 9.86. The quantitative estimate of drug-likeness (QED) is 0.587. The predicted octanol–water partition coefficient (Wildman–Crippen LogP) is 1.26. The van der Waals surface area contributed by atoms with E-state index in [9.17, 15) is 0 Å². The van der Waals surface area contributed by atoms with E-state index in [0.29, 0.717) is 0 Å². The minimum atomic E-state index is 0.839. The van der Waals surface area contributed by atoms with E-state index in [4.69, 9.17) is 0 Å². The Hall–Kier alpha value is -0.660. The summed E-state index contributed by atoms with van der Waals surface area (Å²) in [4.78, 5) is 2.41. The summed E-state index contributed by atoms with van der Waals surface area (Å²) in [5, 5.41) is 3.19. The van der Waals surface area contributed by atoms with E-state index in [2.05, 4.69) is 16.4 Å². The molecule has 0 radical (unpaired) electrons. The Bertz CT molecular complexity index is 136. The Kier molecular flexibility index (Phi) is 1.53. The predicted molar refractivity (Wildman–Crippen MR) is 41.2 cm³/mol. The lowest BCUT2D eigenvalue weighted by atomic mass is 10.2. The first kappa shape index (κ1) is 6.08. The van der Waals surface area contributed by atoms with Crippen LogP contribution >= 0.6 is 0 Å². The summed E-state index contributed by atoms with van der Waals surface area (Å²) in [5.41, 5.74) is 0. The van der Waals surface area contributed by atoms with Gasteiger partial charge >= 0.3 is 0 Å². The van der Waals surface area contributed by atoms with E-state index in [0.717, 1.165) is 12.7 Å². The van der Waals surface area contributed by atoms with Crippen molar-refractivity contribution in [3.05, 3.63) is 12.4 Å². The van der Waals surface area contributed by atoms with Gasteiger partial charge < -0.3 is 10.2 Å². The summed E-state index contributed by atoms with van der Waals surface area (Å²) in [5.74, 6) is 0. The molecule has 1 N–H and O–H groups in total. The van der Waals surface area contributed by atoms with Crippen molar-refractivity contribution in [2.75, 3.05) is 6.67 Å². The molecule has 0 atom stereocenters. The van der Waals surface area contributed by atoms with Crippen LogP contribution in [-0.4, -0.2) is 17.6 Å². The highest BCUT2D eigenvalue weighted by molar-refractivity contribution is 4.92. The minimum absolute atomic E-state index is 0.839. The van der Waals surface area contributed by atoms with Gasteiger partial charge in [0, 0.05) is 18.4 Å². The maximum Gasteiger partial charge on any atom is 0.0870 e. The Labute approximate surface area is 61.9 Å². The lowest BCUT2D eigenvalue weighted by Gasteiger charge is -2.22. The van der Waals surface area contributed by atoms with Crippen molar-refractivity contribution < 1.29 is 0 Å². The standard InChI is InChI=1S/C8H14N2/c1-2-4-8(3-1)10-6-5-9-7-10/h5-6,8-9H,1-4,7H2. The Morgan fingerprint density at radius 2 is 2.10 bits per heavy atom. The number of hydrogen-bond donors (Lipinski definition) is 1. The average Bonchev–Trinajstić information content (AvgIpc) is 2.59. The first-order chi connectivity index (χ1) is 4.97. The Morgan fingerprint density at radius 3 is 2.70 bits per heavy atom. The molecule has 1 fully saturated rings. The highest BCUT2D eigenvalue weighted by Crippen LogP contribution is 2.23. The fourth-order valence-electron chi connectivity index (χ4n) is 1.85. The molecule has 0 aromatic heterocycles. The smallest absolute Gasteiger partial charge is 0.0870 e. The normalized spacial score (nSPS) is 25.8. The largest absolute Gasteiger partial charge is 0.373 e. The molecule has 0 saturated heterocycles. The summed E-state index contributed by atoms with van der Waals surface area (Å²) < 4.78 is 0. The molecule has 0 spiro atoms. The van der Waals surface area contributed by atoms with Crippen LogP contribution in [0.25, 0.3) is 0 Å². The van der Waals surface area contributed by atoms with Crippen molar-refractivity contribution in [1.29, 1.82) is 0 Å². The second kappa shape index (κ2) is 2.52. The maximum atomic E-state index is 3.19. The summed E-state index contributed by atoms with van der Waals surface area (Å²) >= 11 is 0. The number of nitrogens with one attached hydrogen (secondary N) is 1. The van der Waals surface area contributed by atoms with Crippen LogP contribution in [0.2, 0.25) is 0 Å². The van der Waals surface area contributed by atoms with Crippen molar-refractivity contribution in [1.82, 2.24) is 10.2 Å². The molecule has 1 saturated carbocycles. The number of rotatable bonds is 1. The van der Waals surface area contributed by atoms with E-state index in [1.165, 1.54) is 25.7 Å². The maximum absolute atomic E-state index is 3.19. The first-order valence-corrected chi connectivity index (χ1v) is 4.12. The van der Waals surface area contributed by atoms with Crippen LogP contribution in [0.5, 0.6) is 0 Å². The van der Waals surface area contributed by atoms with Crippen LogP contribution < -0.4 is 5.32 Å². The lowest BCUT2D eigenvalue weighted by molar-refractivity contribution is 0.291. The zero-order valence-corrected chi connectivity index (χ0v) is 6.21. The first-order valence-electron chi connectivity index (χ1n) is 4.12. The van der Waals surface area contributed by atoms with E-state index in [1.807, 2.05) is 6.20 Å². The van der Waals surface area contributed by atoms with Crippen molar-refractivity contribution in [3.8, 4) is 0 Å². The molecule has 0 unspecified atom stereocenters. The number of hydrogen-bond acceptors (Lipinski definition) is 2. The van der Waals surface area contributed by atoms with Gasteiger partial charge in [-0.15, -0.1) is 0 Å². The fraction of sp³-hybridized carbons (Fsp3) is 0.750. The van der Waals surface area contributed by atoms with Crippen molar-refractivity contribution in [2.45, 2.75) is 31.7 Å². The summed E-state index contributed by atoms with van der Waals surface area (Å²) in [6.45, 7) is 1.03.